The van der Waals surface area contributed by atoms with Crippen LogP contribution in [-0.2, 0) is 16.1 Å². The van der Waals surface area contributed by atoms with Crippen molar-refractivity contribution in [3.63, 3.8) is 0 Å². The number of hydrogen-bond acceptors (Lipinski definition) is 8. The highest BCUT2D eigenvalue weighted by Crippen LogP contribution is 2.35. The number of amidine groups is 1. The Morgan fingerprint density at radius 1 is 1.05 bits per heavy atom. The normalized spacial score (nSPS) is 14.9. The van der Waals surface area contributed by atoms with Gasteiger partial charge in [0.25, 0.3) is 0 Å². The molecule has 1 atom stereocenters. The Kier molecular flexibility index (Phi) is 9.60. The van der Waals surface area contributed by atoms with Crippen molar-refractivity contribution < 1.29 is 24.2 Å². The topological polar surface area (TPSA) is 136 Å². The molecule has 0 spiro atoms. The average molecular weight is 534 g/mol. The van der Waals surface area contributed by atoms with Gasteiger partial charge in [0.2, 0.25) is 5.91 Å². The van der Waals surface area contributed by atoms with E-state index in [-0.39, 0.29) is 5.84 Å². The number of benzene rings is 3. The first-order chi connectivity index (χ1) is 19.0. The second-order valence-electron chi connectivity index (χ2n) is 9.16. The molecule has 1 amide bonds. The Morgan fingerprint density at radius 3 is 2.41 bits per heavy atom. The number of oxime groups is 1. The fourth-order valence-electron chi connectivity index (χ4n) is 4.57. The van der Waals surface area contributed by atoms with E-state index in [1.807, 2.05) is 59.5 Å². The lowest BCUT2D eigenvalue weighted by Crippen LogP contribution is -2.38. The van der Waals surface area contributed by atoms with Crippen molar-refractivity contribution in [3.8, 4) is 11.5 Å². The highest BCUT2D eigenvalue weighted by molar-refractivity contribution is 5.97. The predicted molar refractivity (Wildman–Crippen MR) is 149 cm³/mol. The lowest BCUT2D eigenvalue weighted by Gasteiger charge is -2.33. The van der Waals surface area contributed by atoms with Crippen molar-refractivity contribution in [2.75, 3.05) is 51.5 Å². The number of hydrogen-bond donors (Lipinski definition) is 3. The van der Waals surface area contributed by atoms with E-state index >= 15 is 0 Å². The molecule has 206 valence electrons. The minimum Gasteiger partial charge on any atom is -0.493 e. The molecule has 1 aliphatic heterocycles. The third-order valence-corrected chi connectivity index (χ3v) is 6.65. The average Bonchev–Trinajstić information content (AvgIpc) is 2.98. The van der Waals surface area contributed by atoms with E-state index in [1.165, 1.54) is 0 Å². The number of rotatable bonds is 12. The highest BCUT2D eigenvalue weighted by Gasteiger charge is 2.28. The van der Waals surface area contributed by atoms with Gasteiger partial charge in [-0.05, 0) is 47.5 Å². The summed E-state index contributed by atoms with van der Waals surface area (Å²) >= 11 is 0. The third kappa shape index (κ3) is 7.18. The second-order valence-corrected chi connectivity index (χ2v) is 9.16. The van der Waals surface area contributed by atoms with Crippen molar-refractivity contribution in [1.82, 2.24) is 4.90 Å². The Bertz CT molecular complexity index is 1250. The summed E-state index contributed by atoms with van der Waals surface area (Å²) in [4.78, 5) is 17.2. The fraction of sp³-hybridized carbons (Fsp3) is 0.310. The van der Waals surface area contributed by atoms with E-state index in [0.29, 0.717) is 35.8 Å². The van der Waals surface area contributed by atoms with Crippen LogP contribution >= 0.6 is 0 Å². The molecule has 10 heteroatoms. The molecule has 1 saturated heterocycles. The van der Waals surface area contributed by atoms with Crippen LogP contribution in [0, 0.1) is 0 Å². The molecule has 1 heterocycles. The van der Waals surface area contributed by atoms with Crippen LogP contribution in [-0.4, -0.2) is 68.4 Å². The number of morpholine rings is 1. The van der Waals surface area contributed by atoms with E-state index in [1.54, 1.807) is 25.3 Å². The first-order valence-corrected chi connectivity index (χ1v) is 12.8. The van der Waals surface area contributed by atoms with Crippen molar-refractivity contribution >= 4 is 17.4 Å². The van der Waals surface area contributed by atoms with Gasteiger partial charge in [0.05, 0.1) is 20.3 Å². The molecule has 1 fully saturated rings. The fourth-order valence-corrected chi connectivity index (χ4v) is 4.57. The summed E-state index contributed by atoms with van der Waals surface area (Å²) in [6.07, 6.45) is 0. The Balaban J connectivity index is 1.62. The second kappa shape index (κ2) is 13.5. The van der Waals surface area contributed by atoms with E-state index in [0.717, 1.165) is 44.1 Å². The van der Waals surface area contributed by atoms with Gasteiger partial charge in [-0.15, -0.1) is 0 Å². The van der Waals surface area contributed by atoms with Crippen LogP contribution in [0.1, 0.15) is 22.7 Å². The number of anilines is 1. The van der Waals surface area contributed by atoms with Crippen molar-refractivity contribution in [3.05, 3.63) is 89.5 Å². The molecule has 0 radical (unpaired) electrons. The molecule has 5 N–H and O–H groups in total. The predicted octanol–water partition coefficient (Wildman–Crippen LogP) is 2.73. The highest BCUT2D eigenvalue weighted by atomic mass is 16.5. The Labute approximate surface area is 228 Å². The minimum atomic E-state index is -0.809. The van der Waals surface area contributed by atoms with Gasteiger partial charge in [0.15, 0.2) is 17.3 Å². The number of ether oxygens (including phenoxy) is 3. The van der Waals surface area contributed by atoms with Crippen LogP contribution in [0.3, 0.4) is 0 Å². The number of nitrogens with two attached hydrogens (primary N) is 2. The van der Waals surface area contributed by atoms with E-state index in [4.69, 9.17) is 30.9 Å². The maximum atomic E-state index is 13.0. The SMILES string of the molecule is COc1cc(C(C(N)=O)N(Cc2ccccc2)c2ccc(/C(N)=N/O)cc2)ccc1OCCN1CCOCC1. The summed E-state index contributed by atoms with van der Waals surface area (Å²) in [5.74, 6) is 0.587. The molecule has 0 saturated carbocycles. The van der Waals surface area contributed by atoms with Gasteiger partial charge in [-0.3, -0.25) is 9.69 Å². The summed E-state index contributed by atoms with van der Waals surface area (Å²) < 4.78 is 17.1. The molecule has 0 aromatic heterocycles. The van der Waals surface area contributed by atoms with Gasteiger partial charge in [0.1, 0.15) is 12.6 Å². The molecule has 1 unspecified atom stereocenters. The smallest absolute Gasteiger partial charge is 0.244 e. The van der Waals surface area contributed by atoms with Gasteiger partial charge < -0.3 is 35.8 Å². The van der Waals surface area contributed by atoms with E-state index in [2.05, 4.69) is 10.1 Å². The summed E-state index contributed by atoms with van der Waals surface area (Å²) in [6, 6.07) is 21.5. The summed E-state index contributed by atoms with van der Waals surface area (Å²) in [5, 5.41) is 12.1. The number of methoxy groups -OCH3 is 1. The molecule has 3 aromatic rings. The standard InChI is InChI=1S/C29H35N5O5/c1-37-26-19-23(9-12-25(26)39-18-15-33-13-16-38-17-14-33)27(29(31)35)34(20-21-5-3-2-4-6-21)24-10-7-22(8-11-24)28(30)32-36/h2-12,19,27,36H,13-18,20H2,1H3,(H2,30,32)(H2,31,35). The van der Waals surface area contributed by atoms with Crippen LogP contribution in [0.4, 0.5) is 5.69 Å². The minimum absolute atomic E-state index is 0.00319. The van der Waals surface area contributed by atoms with Gasteiger partial charge in [0, 0.05) is 37.4 Å². The number of carbonyl (C=O) groups is 1. The third-order valence-electron chi connectivity index (χ3n) is 6.65. The monoisotopic (exact) mass is 533 g/mol. The van der Waals surface area contributed by atoms with Crippen molar-refractivity contribution in [1.29, 1.82) is 0 Å². The molecule has 10 nitrogen and oxygen atoms in total. The van der Waals surface area contributed by atoms with E-state index < -0.39 is 11.9 Å². The van der Waals surface area contributed by atoms with Gasteiger partial charge in [-0.2, -0.15) is 0 Å². The summed E-state index contributed by atoms with van der Waals surface area (Å²) in [5.41, 5.74) is 14.7. The van der Waals surface area contributed by atoms with Crippen molar-refractivity contribution in [2.24, 2.45) is 16.6 Å². The molecule has 0 bridgehead atoms. The lowest BCUT2D eigenvalue weighted by atomic mass is 10.0. The zero-order valence-electron chi connectivity index (χ0n) is 22.0. The number of amides is 1. The number of carbonyl (C=O) groups excluding carboxylic acids is 1. The lowest BCUT2D eigenvalue weighted by molar-refractivity contribution is -0.119. The molecule has 39 heavy (non-hydrogen) atoms. The maximum Gasteiger partial charge on any atom is 0.244 e. The molecule has 3 aromatic carbocycles. The first-order valence-electron chi connectivity index (χ1n) is 12.8. The Morgan fingerprint density at radius 2 is 1.77 bits per heavy atom. The quantitative estimate of drug-likeness (QED) is 0.140. The zero-order valence-corrected chi connectivity index (χ0v) is 22.0. The van der Waals surface area contributed by atoms with Gasteiger partial charge >= 0.3 is 0 Å². The maximum absolute atomic E-state index is 13.0. The van der Waals surface area contributed by atoms with Crippen LogP contribution in [0.25, 0.3) is 0 Å². The van der Waals surface area contributed by atoms with Crippen LogP contribution < -0.4 is 25.8 Å². The summed E-state index contributed by atoms with van der Waals surface area (Å²) in [7, 11) is 1.57. The number of nitrogens with zero attached hydrogens (tertiary/aromatic N) is 3. The van der Waals surface area contributed by atoms with Crippen LogP contribution in [0.2, 0.25) is 0 Å². The summed E-state index contributed by atoms with van der Waals surface area (Å²) in [6.45, 7) is 4.94. The van der Waals surface area contributed by atoms with Gasteiger partial charge in [-0.25, -0.2) is 0 Å². The number of primary amides is 1. The molecule has 4 rings (SSSR count). The van der Waals surface area contributed by atoms with Crippen LogP contribution in [0.5, 0.6) is 11.5 Å². The van der Waals surface area contributed by atoms with E-state index in [9.17, 15) is 4.79 Å². The van der Waals surface area contributed by atoms with Crippen LogP contribution in [0.15, 0.2) is 78.0 Å². The molecule has 0 aliphatic carbocycles. The molecule has 1 aliphatic rings. The van der Waals surface area contributed by atoms with Gasteiger partial charge in [-0.1, -0.05) is 41.6 Å². The first kappa shape index (κ1) is 27.7. The molecular formula is C29H35N5O5. The largest absolute Gasteiger partial charge is 0.493 e. The molecular weight excluding hydrogens is 498 g/mol. The van der Waals surface area contributed by atoms with Crippen molar-refractivity contribution in [2.45, 2.75) is 12.6 Å². The zero-order chi connectivity index (χ0) is 27.6. The Hall–Kier alpha value is -4.28.